The molecule has 0 aliphatic rings. The summed E-state index contributed by atoms with van der Waals surface area (Å²) in [5.74, 6) is 0. The molecule has 0 fully saturated rings. The molecule has 0 saturated heterocycles. The summed E-state index contributed by atoms with van der Waals surface area (Å²) in [4.78, 5) is 0. The lowest BCUT2D eigenvalue weighted by Crippen LogP contribution is -1.90. The molecule has 2 aromatic heterocycles. The predicted octanol–water partition coefficient (Wildman–Crippen LogP) is 11.1. The SMILES string of the molecule is c1ccc(-c2c3ccccc3c(-c3ccc4oc5c(ccc6c7ccccc7oc65)c4c3)c3ccccc23)cc1. The summed E-state index contributed by atoms with van der Waals surface area (Å²) in [6, 6.07) is 47.3. The van der Waals surface area contributed by atoms with Gasteiger partial charge < -0.3 is 8.83 Å². The number of benzene rings is 7. The maximum Gasteiger partial charge on any atom is 0.178 e. The predicted molar refractivity (Wildman–Crippen MR) is 167 cm³/mol. The van der Waals surface area contributed by atoms with Crippen LogP contribution in [0.5, 0.6) is 0 Å². The van der Waals surface area contributed by atoms with Gasteiger partial charge in [0.05, 0.1) is 0 Å². The Bertz CT molecular complexity index is 2370. The quantitative estimate of drug-likeness (QED) is 0.216. The Morgan fingerprint density at radius 3 is 1.40 bits per heavy atom. The molecule has 7 aromatic carbocycles. The van der Waals surface area contributed by atoms with E-state index in [1.54, 1.807) is 0 Å². The van der Waals surface area contributed by atoms with Crippen LogP contribution in [0.3, 0.4) is 0 Å². The topological polar surface area (TPSA) is 26.3 Å². The first kappa shape index (κ1) is 21.6. The highest BCUT2D eigenvalue weighted by atomic mass is 16.4. The lowest BCUT2D eigenvalue weighted by Gasteiger charge is -2.17. The zero-order valence-corrected chi connectivity index (χ0v) is 21.5. The average molecular weight is 511 g/mol. The van der Waals surface area contributed by atoms with Crippen molar-refractivity contribution in [2.24, 2.45) is 0 Å². The van der Waals surface area contributed by atoms with E-state index in [1.807, 2.05) is 18.2 Å². The van der Waals surface area contributed by atoms with Gasteiger partial charge in [-0.3, -0.25) is 0 Å². The van der Waals surface area contributed by atoms with Gasteiger partial charge in [-0.15, -0.1) is 0 Å². The summed E-state index contributed by atoms with van der Waals surface area (Å²) in [5, 5.41) is 9.34. The van der Waals surface area contributed by atoms with E-state index in [1.165, 1.54) is 43.8 Å². The van der Waals surface area contributed by atoms with Crippen LogP contribution in [0, 0.1) is 0 Å². The fraction of sp³-hybridized carbons (Fsp3) is 0. The Balaban J connectivity index is 1.37. The first-order valence-electron chi connectivity index (χ1n) is 13.6. The molecule has 9 aromatic rings. The minimum atomic E-state index is 0.801. The second-order valence-corrected chi connectivity index (χ2v) is 10.4. The van der Waals surface area contributed by atoms with Crippen molar-refractivity contribution in [3.8, 4) is 22.3 Å². The molecule has 2 heteroatoms. The molecule has 0 aliphatic carbocycles. The van der Waals surface area contributed by atoms with Crippen LogP contribution in [0.25, 0.3) is 87.7 Å². The number of hydrogen-bond acceptors (Lipinski definition) is 2. The fourth-order valence-corrected chi connectivity index (χ4v) is 6.53. The van der Waals surface area contributed by atoms with E-state index >= 15 is 0 Å². The molecule has 0 bridgehead atoms. The zero-order chi connectivity index (χ0) is 26.2. The zero-order valence-electron chi connectivity index (χ0n) is 21.5. The fourth-order valence-electron chi connectivity index (χ4n) is 6.53. The lowest BCUT2D eigenvalue weighted by molar-refractivity contribution is 0.633. The van der Waals surface area contributed by atoms with Crippen molar-refractivity contribution in [1.29, 1.82) is 0 Å². The Labute approximate surface area is 229 Å². The lowest BCUT2D eigenvalue weighted by atomic mass is 9.86. The molecule has 9 rings (SSSR count). The van der Waals surface area contributed by atoms with Crippen LogP contribution in [-0.2, 0) is 0 Å². The Morgan fingerprint density at radius 2 is 0.775 bits per heavy atom. The Hall–Kier alpha value is -5.34. The molecule has 0 saturated carbocycles. The molecule has 186 valence electrons. The highest BCUT2D eigenvalue weighted by Crippen LogP contribution is 2.45. The van der Waals surface area contributed by atoms with Gasteiger partial charge in [-0.1, -0.05) is 103 Å². The third-order valence-corrected chi connectivity index (χ3v) is 8.27. The molecule has 0 radical (unpaired) electrons. The van der Waals surface area contributed by atoms with E-state index in [0.29, 0.717) is 0 Å². The van der Waals surface area contributed by atoms with Crippen LogP contribution in [-0.4, -0.2) is 0 Å². The summed E-state index contributed by atoms with van der Waals surface area (Å²) in [6.45, 7) is 0. The monoisotopic (exact) mass is 510 g/mol. The standard InChI is InChI=1S/C38H22O2/c1-2-10-23(11-3-1)35-26-13-4-6-15-28(26)36(29-16-7-5-14-27(29)35)24-18-21-34-32(22-24)31-20-19-30-25-12-8-9-17-33(25)39-37(30)38(31)40-34/h1-22H. The summed E-state index contributed by atoms with van der Waals surface area (Å²) in [7, 11) is 0. The van der Waals surface area contributed by atoms with Crippen molar-refractivity contribution in [2.45, 2.75) is 0 Å². The van der Waals surface area contributed by atoms with Crippen LogP contribution in [0.1, 0.15) is 0 Å². The van der Waals surface area contributed by atoms with Gasteiger partial charge in [-0.05, 0) is 74.1 Å². The van der Waals surface area contributed by atoms with E-state index in [0.717, 1.165) is 43.9 Å². The number of rotatable bonds is 2. The molecule has 0 atom stereocenters. The van der Waals surface area contributed by atoms with Crippen LogP contribution >= 0.6 is 0 Å². The first-order valence-corrected chi connectivity index (χ1v) is 13.6. The summed E-state index contributed by atoms with van der Waals surface area (Å²) >= 11 is 0. The van der Waals surface area contributed by atoms with Crippen LogP contribution in [0.15, 0.2) is 142 Å². The average Bonchev–Trinajstić information content (AvgIpc) is 3.58. The molecular formula is C38H22O2. The third kappa shape index (κ3) is 2.93. The van der Waals surface area contributed by atoms with Crippen molar-refractivity contribution in [3.05, 3.63) is 133 Å². The van der Waals surface area contributed by atoms with E-state index in [9.17, 15) is 0 Å². The van der Waals surface area contributed by atoms with E-state index < -0.39 is 0 Å². The molecule has 40 heavy (non-hydrogen) atoms. The van der Waals surface area contributed by atoms with E-state index in [2.05, 4.69) is 115 Å². The highest BCUT2D eigenvalue weighted by molar-refractivity contribution is 6.23. The smallest absolute Gasteiger partial charge is 0.178 e. The Morgan fingerprint density at radius 1 is 0.300 bits per heavy atom. The molecule has 0 spiro atoms. The van der Waals surface area contributed by atoms with Crippen molar-refractivity contribution < 1.29 is 8.83 Å². The largest absolute Gasteiger partial charge is 0.452 e. The molecule has 0 amide bonds. The normalized spacial score (nSPS) is 12.0. The maximum atomic E-state index is 6.44. The van der Waals surface area contributed by atoms with E-state index in [-0.39, 0.29) is 0 Å². The number of fused-ring (bicyclic) bond motifs is 9. The van der Waals surface area contributed by atoms with Gasteiger partial charge in [0.15, 0.2) is 11.2 Å². The molecule has 0 aliphatic heterocycles. The van der Waals surface area contributed by atoms with Crippen LogP contribution in [0.2, 0.25) is 0 Å². The van der Waals surface area contributed by atoms with Gasteiger partial charge in [0.1, 0.15) is 11.2 Å². The second kappa shape index (κ2) is 8.08. The van der Waals surface area contributed by atoms with Gasteiger partial charge in [-0.25, -0.2) is 0 Å². The minimum absolute atomic E-state index is 0.801. The van der Waals surface area contributed by atoms with Gasteiger partial charge in [-0.2, -0.15) is 0 Å². The summed E-state index contributed by atoms with van der Waals surface area (Å²) in [5.41, 5.74) is 8.27. The van der Waals surface area contributed by atoms with Crippen molar-refractivity contribution in [2.75, 3.05) is 0 Å². The van der Waals surface area contributed by atoms with Gasteiger partial charge in [0, 0.05) is 21.5 Å². The molecule has 2 heterocycles. The molecule has 2 nitrogen and oxygen atoms in total. The summed E-state index contributed by atoms with van der Waals surface area (Å²) < 4.78 is 12.7. The number of hydrogen-bond donors (Lipinski definition) is 0. The first-order chi connectivity index (χ1) is 19.8. The summed E-state index contributed by atoms with van der Waals surface area (Å²) in [6.07, 6.45) is 0. The van der Waals surface area contributed by atoms with E-state index in [4.69, 9.17) is 8.83 Å². The Kier molecular flexibility index (Phi) is 4.36. The number of furan rings is 2. The number of para-hydroxylation sites is 1. The van der Waals surface area contributed by atoms with Gasteiger partial charge in [0.25, 0.3) is 0 Å². The maximum absolute atomic E-state index is 6.44. The van der Waals surface area contributed by atoms with Gasteiger partial charge >= 0.3 is 0 Å². The second-order valence-electron chi connectivity index (χ2n) is 10.4. The third-order valence-electron chi connectivity index (χ3n) is 8.27. The molecule has 0 N–H and O–H groups in total. The van der Waals surface area contributed by atoms with Crippen molar-refractivity contribution >= 4 is 65.4 Å². The molecular weight excluding hydrogens is 488 g/mol. The minimum Gasteiger partial charge on any atom is -0.452 e. The van der Waals surface area contributed by atoms with Gasteiger partial charge in [0.2, 0.25) is 0 Å². The van der Waals surface area contributed by atoms with Crippen LogP contribution in [0.4, 0.5) is 0 Å². The highest BCUT2D eigenvalue weighted by Gasteiger charge is 2.19. The van der Waals surface area contributed by atoms with Crippen LogP contribution < -0.4 is 0 Å². The van der Waals surface area contributed by atoms with Crippen molar-refractivity contribution in [1.82, 2.24) is 0 Å². The molecule has 0 unspecified atom stereocenters. The van der Waals surface area contributed by atoms with Crippen molar-refractivity contribution in [3.63, 3.8) is 0 Å².